The van der Waals surface area contributed by atoms with E-state index in [1.165, 1.54) is 22.3 Å². The monoisotopic (exact) mass is 210 g/mol. The summed E-state index contributed by atoms with van der Waals surface area (Å²) in [4.78, 5) is 0. The fraction of sp³-hybridized carbons (Fsp3) is 0.200. The lowest BCUT2D eigenvalue weighted by Gasteiger charge is -2.10. The van der Waals surface area contributed by atoms with E-state index in [1.807, 2.05) is 0 Å². The Balaban J connectivity index is 2.15. The zero-order valence-corrected chi connectivity index (χ0v) is 9.31. The summed E-state index contributed by atoms with van der Waals surface area (Å²) in [5.74, 6) is 0. The maximum atomic E-state index is 5.40. The van der Waals surface area contributed by atoms with Gasteiger partial charge in [0.2, 0.25) is 0 Å². The minimum absolute atomic E-state index is 0.316. The average molecular weight is 210 g/mol. The molecule has 1 aliphatic rings. The van der Waals surface area contributed by atoms with E-state index in [-0.39, 0.29) is 0 Å². The molecule has 1 heterocycles. The van der Waals surface area contributed by atoms with E-state index < -0.39 is 0 Å². The molecular weight excluding hydrogens is 196 g/mol. The molecule has 1 atom stereocenters. The SMILES string of the molecule is Cc1ccccc1-c1ccccc1C1CO1. The van der Waals surface area contributed by atoms with Gasteiger partial charge >= 0.3 is 0 Å². The highest BCUT2D eigenvalue weighted by molar-refractivity contribution is 5.71. The first kappa shape index (κ1) is 9.61. The maximum absolute atomic E-state index is 5.40. The van der Waals surface area contributed by atoms with E-state index in [0.29, 0.717) is 6.10 Å². The first-order chi connectivity index (χ1) is 7.86. The van der Waals surface area contributed by atoms with Crippen molar-refractivity contribution < 1.29 is 4.74 Å². The number of ether oxygens (including phenoxy) is 1. The Hall–Kier alpha value is -1.60. The van der Waals surface area contributed by atoms with Gasteiger partial charge in [-0.25, -0.2) is 0 Å². The Labute approximate surface area is 95.7 Å². The molecular formula is C15H14O. The van der Waals surface area contributed by atoms with Crippen molar-refractivity contribution in [1.29, 1.82) is 0 Å². The molecule has 0 bridgehead atoms. The Morgan fingerprint density at radius 2 is 1.56 bits per heavy atom. The fourth-order valence-electron chi connectivity index (χ4n) is 2.13. The van der Waals surface area contributed by atoms with Crippen molar-refractivity contribution in [2.24, 2.45) is 0 Å². The Bertz CT molecular complexity index is 512. The topological polar surface area (TPSA) is 12.5 Å². The third-order valence-electron chi connectivity index (χ3n) is 3.08. The molecule has 0 radical (unpaired) electrons. The minimum atomic E-state index is 0.316. The molecule has 0 N–H and O–H groups in total. The number of aryl methyl sites for hydroxylation is 1. The van der Waals surface area contributed by atoms with E-state index in [9.17, 15) is 0 Å². The van der Waals surface area contributed by atoms with Crippen molar-refractivity contribution in [3.05, 3.63) is 59.7 Å². The zero-order valence-electron chi connectivity index (χ0n) is 9.31. The number of rotatable bonds is 2. The second kappa shape index (κ2) is 3.76. The second-order valence-electron chi connectivity index (χ2n) is 4.22. The predicted molar refractivity (Wildman–Crippen MR) is 65.3 cm³/mol. The number of hydrogen-bond donors (Lipinski definition) is 0. The van der Waals surface area contributed by atoms with Crippen LogP contribution in [0.2, 0.25) is 0 Å². The van der Waals surface area contributed by atoms with Gasteiger partial charge in [-0.1, -0.05) is 48.5 Å². The summed E-state index contributed by atoms with van der Waals surface area (Å²) in [5.41, 5.74) is 5.25. The van der Waals surface area contributed by atoms with Crippen LogP contribution in [-0.4, -0.2) is 6.61 Å². The largest absolute Gasteiger partial charge is 0.368 e. The third kappa shape index (κ3) is 1.63. The molecule has 2 aromatic rings. The van der Waals surface area contributed by atoms with Gasteiger partial charge in [-0.05, 0) is 29.2 Å². The van der Waals surface area contributed by atoms with Gasteiger partial charge in [0.25, 0.3) is 0 Å². The minimum Gasteiger partial charge on any atom is -0.368 e. The molecule has 1 heteroatoms. The van der Waals surface area contributed by atoms with Crippen molar-refractivity contribution in [3.8, 4) is 11.1 Å². The molecule has 0 amide bonds. The van der Waals surface area contributed by atoms with Crippen LogP contribution in [0.4, 0.5) is 0 Å². The lowest BCUT2D eigenvalue weighted by atomic mass is 9.95. The standard InChI is InChI=1S/C15H14O/c1-11-6-2-3-7-12(11)13-8-4-5-9-14(13)15-10-16-15/h2-9,15H,10H2,1H3. The van der Waals surface area contributed by atoms with Gasteiger partial charge in [0.1, 0.15) is 6.10 Å². The van der Waals surface area contributed by atoms with Gasteiger partial charge in [0, 0.05) is 0 Å². The normalized spacial score (nSPS) is 18.4. The molecule has 1 aliphatic heterocycles. The average Bonchev–Trinajstić information content (AvgIpc) is 3.14. The Morgan fingerprint density at radius 3 is 2.25 bits per heavy atom. The van der Waals surface area contributed by atoms with Crippen LogP contribution < -0.4 is 0 Å². The van der Waals surface area contributed by atoms with Gasteiger partial charge in [-0.15, -0.1) is 0 Å². The van der Waals surface area contributed by atoms with Crippen molar-refractivity contribution >= 4 is 0 Å². The summed E-state index contributed by atoms with van der Waals surface area (Å²) in [6.07, 6.45) is 0.316. The van der Waals surface area contributed by atoms with Gasteiger partial charge in [-0.2, -0.15) is 0 Å². The van der Waals surface area contributed by atoms with Crippen LogP contribution >= 0.6 is 0 Å². The Kier molecular flexibility index (Phi) is 2.26. The summed E-state index contributed by atoms with van der Waals surface area (Å²) in [6.45, 7) is 3.02. The fourth-order valence-corrected chi connectivity index (χ4v) is 2.13. The molecule has 1 nitrogen and oxygen atoms in total. The number of epoxide rings is 1. The van der Waals surface area contributed by atoms with Gasteiger partial charge < -0.3 is 4.74 Å². The van der Waals surface area contributed by atoms with E-state index in [4.69, 9.17) is 4.74 Å². The molecule has 80 valence electrons. The molecule has 16 heavy (non-hydrogen) atoms. The summed E-state index contributed by atoms with van der Waals surface area (Å²) >= 11 is 0. The number of hydrogen-bond acceptors (Lipinski definition) is 1. The first-order valence-electron chi connectivity index (χ1n) is 5.63. The highest BCUT2D eigenvalue weighted by atomic mass is 16.6. The highest BCUT2D eigenvalue weighted by Gasteiger charge is 2.27. The summed E-state index contributed by atoms with van der Waals surface area (Å²) in [7, 11) is 0. The molecule has 1 fully saturated rings. The van der Waals surface area contributed by atoms with E-state index >= 15 is 0 Å². The first-order valence-corrected chi connectivity index (χ1v) is 5.63. The molecule has 0 aromatic heterocycles. The highest BCUT2D eigenvalue weighted by Crippen LogP contribution is 2.37. The van der Waals surface area contributed by atoms with Gasteiger partial charge in [0.15, 0.2) is 0 Å². The molecule has 3 rings (SSSR count). The van der Waals surface area contributed by atoms with E-state index in [1.54, 1.807) is 0 Å². The Morgan fingerprint density at radius 1 is 0.938 bits per heavy atom. The van der Waals surface area contributed by atoms with Crippen LogP contribution in [0, 0.1) is 6.92 Å². The number of benzene rings is 2. The lowest BCUT2D eigenvalue weighted by molar-refractivity contribution is 0.416. The van der Waals surface area contributed by atoms with Crippen LogP contribution in [0.15, 0.2) is 48.5 Å². The van der Waals surface area contributed by atoms with Crippen LogP contribution in [0.1, 0.15) is 17.2 Å². The second-order valence-corrected chi connectivity index (χ2v) is 4.22. The van der Waals surface area contributed by atoms with Crippen LogP contribution in [0.5, 0.6) is 0 Å². The van der Waals surface area contributed by atoms with Gasteiger partial charge in [0.05, 0.1) is 6.61 Å². The summed E-state index contributed by atoms with van der Waals surface area (Å²) in [5, 5.41) is 0. The lowest BCUT2D eigenvalue weighted by Crippen LogP contribution is -1.89. The smallest absolute Gasteiger partial charge is 0.107 e. The van der Waals surface area contributed by atoms with Crippen LogP contribution in [0.25, 0.3) is 11.1 Å². The van der Waals surface area contributed by atoms with Crippen molar-refractivity contribution in [1.82, 2.24) is 0 Å². The molecule has 0 saturated carbocycles. The van der Waals surface area contributed by atoms with Gasteiger partial charge in [-0.3, -0.25) is 0 Å². The zero-order chi connectivity index (χ0) is 11.0. The summed E-state index contributed by atoms with van der Waals surface area (Å²) in [6, 6.07) is 17.0. The molecule has 1 unspecified atom stereocenters. The van der Waals surface area contributed by atoms with Crippen LogP contribution in [-0.2, 0) is 4.74 Å². The van der Waals surface area contributed by atoms with Crippen molar-refractivity contribution in [2.45, 2.75) is 13.0 Å². The molecule has 1 saturated heterocycles. The van der Waals surface area contributed by atoms with Crippen molar-refractivity contribution in [2.75, 3.05) is 6.61 Å². The molecule has 0 spiro atoms. The quantitative estimate of drug-likeness (QED) is 0.688. The van der Waals surface area contributed by atoms with Crippen molar-refractivity contribution in [3.63, 3.8) is 0 Å². The van der Waals surface area contributed by atoms with E-state index in [0.717, 1.165) is 6.61 Å². The molecule has 2 aromatic carbocycles. The maximum Gasteiger partial charge on any atom is 0.107 e. The summed E-state index contributed by atoms with van der Waals surface area (Å²) < 4.78 is 5.40. The third-order valence-corrected chi connectivity index (χ3v) is 3.08. The van der Waals surface area contributed by atoms with E-state index in [2.05, 4.69) is 55.5 Å². The predicted octanol–water partition coefficient (Wildman–Crippen LogP) is 3.73. The van der Waals surface area contributed by atoms with Crippen LogP contribution in [0.3, 0.4) is 0 Å². The molecule has 0 aliphatic carbocycles.